The van der Waals surface area contributed by atoms with Gasteiger partial charge in [0.1, 0.15) is 0 Å². The Morgan fingerprint density at radius 2 is 1.96 bits per heavy atom. The van der Waals surface area contributed by atoms with Crippen LogP contribution >= 0.6 is 0 Å². The Hall–Kier alpha value is -2.71. The number of hydrogen-bond donors (Lipinski definition) is 1. The Morgan fingerprint density at radius 1 is 1.22 bits per heavy atom. The number of sulfonamides is 1. The minimum atomic E-state index is -3.68. The van der Waals surface area contributed by atoms with Crippen LogP contribution in [0.15, 0.2) is 53.6 Å². The summed E-state index contributed by atoms with van der Waals surface area (Å²) in [6.45, 7) is 0.172. The number of methoxy groups -OCH3 is 1. The van der Waals surface area contributed by atoms with Crippen LogP contribution < -0.4 is 4.72 Å². The fraction of sp³-hybridized carbons (Fsp3) is 0.263. The van der Waals surface area contributed by atoms with Gasteiger partial charge in [0.25, 0.3) is 0 Å². The van der Waals surface area contributed by atoms with Crippen LogP contribution in [-0.2, 0) is 21.3 Å². The molecule has 0 unspecified atom stereocenters. The molecule has 1 aliphatic rings. The maximum Gasteiger partial charge on any atom is 0.337 e. The molecule has 1 aromatic heterocycles. The van der Waals surface area contributed by atoms with Crippen molar-refractivity contribution in [1.82, 2.24) is 14.5 Å². The maximum atomic E-state index is 12.5. The standard InChI is InChI=1S/C19H19N3O4S/c1-26-19(23)14-3-7-17(8-4-14)27(24,25)21-11-13-2-9-18-15(10-13)12-20-22(18)16-5-6-16/h2-4,7-10,12,16,21H,5-6,11H2,1H3. The zero-order chi connectivity index (χ0) is 19.0. The Kier molecular flexibility index (Phi) is 4.45. The van der Waals surface area contributed by atoms with Gasteiger partial charge in [0.2, 0.25) is 10.0 Å². The van der Waals surface area contributed by atoms with E-state index in [9.17, 15) is 13.2 Å². The molecule has 0 bridgehead atoms. The normalized spacial score (nSPS) is 14.4. The maximum absolute atomic E-state index is 12.5. The van der Waals surface area contributed by atoms with Gasteiger partial charge in [0, 0.05) is 11.9 Å². The SMILES string of the molecule is COC(=O)c1ccc(S(=O)(=O)NCc2ccc3c(cnn3C3CC3)c2)cc1. The van der Waals surface area contributed by atoms with Gasteiger partial charge in [-0.05, 0) is 54.8 Å². The van der Waals surface area contributed by atoms with Crippen molar-refractivity contribution in [3.05, 3.63) is 59.8 Å². The first-order chi connectivity index (χ1) is 13.0. The molecule has 0 aliphatic heterocycles. The van der Waals surface area contributed by atoms with Gasteiger partial charge >= 0.3 is 5.97 Å². The number of hydrogen-bond acceptors (Lipinski definition) is 5. The summed E-state index contributed by atoms with van der Waals surface area (Å²) in [5, 5.41) is 5.43. The van der Waals surface area contributed by atoms with Crippen LogP contribution in [0.2, 0.25) is 0 Å². The number of esters is 1. The summed E-state index contributed by atoms with van der Waals surface area (Å²) in [4.78, 5) is 11.5. The largest absolute Gasteiger partial charge is 0.465 e. The van der Waals surface area contributed by atoms with E-state index in [1.807, 2.05) is 29.1 Å². The van der Waals surface area contributed by atoms with Crippen LogP contribution in [0, 0.1) is 0 Å². The highest BCUT2D eigenvalue weighted by Gasteiger charge is 2.25. The Labute approximate surface area is 157 Å². The first-order valence-electron chi connectivity index (χ1n) is 8.62. The van der Waals surface area contributed by atoms with Crippen molar-refractivity contribution in [3.63, 3.8) is 0 Å². The van der Waals surface area contributed by atoms with Crippen molar-refractivity contribution < 1.29 is 17.9 Å². The average Bonchev–Trinajstić information content (AvgIpc) is 3.45. The van der Waals surface area contributed by atoms with Crippen LogP contribution in [-0.4, -0.2) is 31.3 Å². The van der Waals surface area contributed by atoms with Crippen LogP contribution in [0.3, 0.4) is 0 Å². The van der Waals surface area contributed by atoms with Crippen molar-refractivity contribution >= 4 is 26.9 Å². The summed E-state index contributed by atoms with van der Waals surface area (Å²) in [5.74, 6) is -0.507. The monoisotopic (exact) mass is 385 g/mol. The minimum absolute atomic E-state index is 0.0952. The van der Waals surface area contributed by atoms with Crippen LogP contribution in [0.4, 0.5) is 0 Å². The zero-order valence-corrected chi connectivity index (χ0v) is 15.6. The van der Waals surface area contributed by atoms with Gasteiger partial charge in [0.15, 0.2) is 0 Å². The highest BCUT2D eigenvalue weighted by atomic mass is 32.2. The fourth-order valence-electron chi connectivity index (χ4n) is 2.97. The van der Waals surface area contributed by atoms with Crippen molar-refractivity contribution in [2.45, 2.75) is 30.3 Å². The molecule has 8 heteroatoms. The van der Waals surface area contributed by atoms with E-state index in [1.54, 1.807) is 0 Å². The number of carbonyl (C=O) groups excluding carboxylic acids is 1. The first kappa shape index (κ1) is 17.7. The predicted molar refractivity (Wildman–Crippen MR) is 99.8 cm³/mol. The first-order valence-corrected chi connectivity index (χ1v) is 10.1. The molecule has 1 N–H and O–H groups in total. The molecule has 3 aromatic rings. The highest BCUT2D eigenvalue weighted by Crippen LogP contribution is 2.36. The molecule has 0 saturated heterocycles. The molecular formula is C19H19N3O4S. The summed E-state index contributed by atoms with van der Waals surface area (Å²) >= 11 is 0. The van der Waals surface area contributed by atoms with Crippen LogP contribution in [0.1, 0.15) is 34.8 Å². The number of carbonyl (C=O) groups is 1. The number of ether oxygens (including phenoxy) is 1. The average molecular weight is 385 g/mol. The van der Waals surface area contributed by atoms with Gasteiger partial charge in [-0.3, -0.25) is 4.68 Å². The smallest absolute Gasteiger partial charge is 0.337 e. The Balaban J connectivity index is 1.48. The molecule has 7 nitrogen and oxygen atoms in total. The summed E-state index contributed by atoms with van der Waals surface area (Å²) in [7, 11) is -2.40. The third-order valence-electron chi connectivity index (χ3n) is 4.60. The summed E-state index contributed by atoms with van der Waals surface area (Å²) in [6.07, 6.45) is 4.14. The number of fused-ring (bicyclic) bond motifs is 1. The highest BCUT2D eigenvalue weighted by molar-refractivity contribution is 7.89. The molecule has 0 spiro atoms. The quantitative estimate of drug-likeness (QED) is 0.659. The third-order valence-corrected chi connectivity index (χ3v) is 6.02. The van der Waals surface area contributed by atoms with Gasteiger partial charge in [-0.15, -0.1) is 0 Å². The van der Waals surface area contributed by atoms with E-state index in [2.05, 4.69) is 14.6 Å². The molecule has 1 heterocycles. The lowest BCUT2D eigenvalue weighted by Crippen LogP contribution is -2.23. The van der Waals surface area contributed by atoms with Gasteiger partial charge in [0.05, 0.1) is 35.3 Å². The molecule has 0 atom stereocenters. The third kappa shape index (κ3) is 3.58. The van der Waals surface area contributed by atoms with E-state index in [0.717, 1.165) is 29.3 Å². The van der Waals surface area contributed by atoms with Gasteiger partial charge in [-0.2, -0.15) is 5.10 Å². The minimum Gasteiger partial charge on any atom is -0.465 e. The van der Waals surface area contributed by atoms with Crippen molar-refractivity contribution in [2.24, 2.45) is 0 Å². The van der Waals surface area contributed by atoms with Crippen molar-refractivity contribution in [2.75, 3.05) is 7.11 Å². The summed E-state index contributed by atoms with van der Waals surface area (Å²) in [5.41, 5.74) is 2.23. The summed E-state index contributed by atoms with van der Waals surface area (Å²) in [6, 6.07) is 12.0. The number of aromatic nitrogens is 2. The second-order valence-corrected chi connectivity index (χ2v) is 8.32. The number of nitrogens with zero attached hydrogens (tertiary/aromatic N) is 2. The second kappa shape index (κ2) is 6.79. The molecule has 1 saturated carbocycles. The lowest BCUT2D eigenvalue weighted by Gasteiger charge is -2.08. The van der Waals surface area contributed by atoms with Gasteiger partial charge in [-0.1, -0.05) is 6.07 Å². The topological polar surface area (TPSA) is 90.3 Å². The summed E-state index contributed by atoms with van der Waals surface area (Å²) < 4.78 is 34.2. The lowest BCUT2D eigenvalue weighted by atomic mass is 10.1. The van der Waals surface area contributed by atoms with E-state index >= 15 is 0 Å². The van der Waals surface area contributed by atoms with Crippen LogP contribution in [0.5, 0.6) is 0 Å². The van der Waals surface area contributed by atoms with E-state index in [-0.39, 0.29) is 11.4 Å². The van der Waals surface area contributed by atoms with E-state index < -0.39 is 16.0 Å². The Bertz CT molecular complexity index is 1100. The number of nitrogens with one attached hydrogen (secondary N) is 1. The zero-order valence-electron chi connectivity index (χ0n) is 14.8. The molecule has 0 amide bonds. The molecule has 0 radical (unpaired) electrons. The fourth-order valence-corrected chi connectivity index (χ4v) is 3.99. The van der Waals surface area contributed by atoms with Gasteiger partial charge in [-0.25, -0.2) is 17.9 Å². The molecular weight excluding hydrogens is 366 g/mol. The van der Waals surface area contributed by atoms with Gasteiger partial charge < -0.3 is 4.74 Å². The number of benzene rings is 2. The molecule has 27 heavy (non-hydrogen) atoms. The van der Waals surface area contributed by atoms with Crippen molar-refractivity contribution in [1.29, 1.82) is 0 Å². The molecule has 2 aromatic carbocycles. The molecule has 140 valence electrons. The van der Waals surface area contributed by atoms with E-state index in [4.69, 9.17) is 0 Å². The molecule has 1 aliphatic carbocycles. The van der Waals surface area contributed by atoms with E-state index in [1.165, 1.54) is 31.4 Å². The van der Waals surface area contributed by atoms with E-state index in [0.29, 0.717) is 11.6 Å². The Morgan fingerprint density at radius 3 is 2.63 bits per heavy atom. The number of rotatable bonds is 6. The predicted octanol–water partition coefficient (Wildman–Crippen LogP) is 2.64. The van der Waals surface area contributed by atoms with Crippen molar-refractivity contribution in [3.8, 4) is 0 Å². The second-order valence-electron chi connectivity index (χ2n) is 6.55. The lowest BCUT2D eigenvalue weighted by molar-refractivity contribution is 0.0600. The molecule has 1 fully saturated rings. The molecule has 4 rings (SSSR count). The van der Waals surface area contributed by atoms with Crippen LogP contribution in [0.25, 0.3) is 10.9 Å².